The van der Waals surface area contributed by atoms with Crippen molar-refractivity contribution in [1.82, 2.24) is 19.5 Å². The van der Waals surface area contributed by atoms with E-state index in [0.717, 1.165) is 25.7 Å². The number of nitrogens with one attached hydrogen (secondary N) is 3. The van der Waals surface area contributed by atoms with Crippen molar-refractivity contribution in [2.75, 3.05) is 5.32 Å². The lowest BCUT2D eigenvalue weighted by molar-refractivity contribution is -0.167. The molecule has 1 saturated carbocycles. The first-order valence-electron chi connectivity index (χ1n) is 12.5. The monoisotopic (exact) mass is 543 g/mol. The van der Waals surface area contributed by atoms with Gasteiger partial charge in [0.05, 0.1) is 0 Å². The molecule has 2 aromatic heterocycles. The SMILES string of the molecule is O=C(Nc1ccc(C(Cc2ccccc2F)c2nc3c([nH]2)c(=O)[nH]c(=O)n3CC2CCCC2)cc1)C(F)(F)F. The molecule has 39 heavy (non-hydrogen) atoms. The number of carbonyl (C=O) groups excluding carboxylic acids is 1. The number of rotatable bonds is 7. The van der Waals surface area contributed by atoms with Gasteiger partial charge in [-0.1, -0.05) is 43.2 Å². The molecule has 0 radical (unpaired) electrons. The summed E-state index contributed by atoms with van der Waals surface area (Å²) in [5, 5.41) is 1.79. The first kappa shape index (κ1) is 26.4. The molecule has 2 heterocycles. The molecule has 1 aliphatic rings. The summed E-state index contributed by atoms with van der Waals surface area (Å²) < 4.78 is 54.0. The third-order valence-corrected chi connectivity index (χ3v) is 7.11. The molecule has 2 aromatic carbocycles. The smallest absolute Gasteiger partial charge is 0.336 e. The minimum absolute atomic E-state index is 0.0721. The van der Waals surface area contributed by atoms with E-state index in [4.69, 9.17) is 0 Å². The van der Waals surface area contributed by atoms with Crippen molar-refractivity contribution in [3.8, 4) is 0 Å². The number of H-pyrrole nitrogens is 2. The molecule has 1 aliphatic carbocycles. The Morgan fingerprint density at radius 1 is 1.05 bits per heavy atom. The van der Waals surface area contributed by atoms with E-state index >= 15 is 0 Å². The van der Waals surface area contributed by atoms with Crippen LogP contribution in [-0.4, -0.2) is 31.6 Å². The summed E-state index contributed by atoms with van der Waals surface area (Å²) in [5.74, 6) is -2.64. The molecular weight excluding hydrogens is 518 g/mol. The molecule has 1 fully saturated rings. The van der Waals surface area contributed by atoms with Crippen LogP contribution in [0.4, 0.5) is 23.2 Å². The molecule has 12 heteroatoms. The molecule has 1 unspecified atom stereocenters. The summed E-state index contributed by atoms with van der Waals surface area (Å²) in [4.78, 5) is 46.7. The minimum atomic E-state index is -5.04. The van der Waals surface area contributed by atoms with E-state index in [2.05, 4.69) is 15.0 Å². The van der Waals surface area contributed by atoms with Crippen molar-refractivity contribution in [3.63, 3.8) is 0 Å². The van der Waals surface area contributed by atoms with Crippen molar-refractivity contribution >= 4 is 22.8 Å². The first-order valence-corrected chi connectivity index (χ1v) is 12.5. The van der Waals surface area contributed by atoms with Gasteiger partial charge in [0.2, 0.25) is 0 Å². The van der Waals surface area contributed by atoms with Gasteiger partial charge >= 0.3 is 17.8 Å². The van der Waals surface area contributed by atoms with Crippen LogP contribution in [0.3, 0.4) is 0 Å². The molecule has 0 bridgehead atoms. The number of aromatic amines is 2. The van der Waals surface area contributed by atoms with E-state index in [0.29, 0.717) is 17.7 Å². The first-order chi connectivity index (χ1) is 18.6. The van der Waals surface area contributed by atoms with Crippen molar-refractivity contribution < 1.29 is 22.4 Å². The maximum atomic E-state index is 14.6. The summed E-state index contributed by atoms with van der Waals surface area (Å²) in [6, 6.07) is 11.7. The Balaban J connectivity index is 1.56. The Hall–Kier alpha value is -4.22. The lowest BCUT2D eigenvalue weighted by Crippen LogP contribution is -2.32. The van der Waals surface area contributed by atoms with Gasteiger partial charge in [-0.3, -0.25) is 19.1 Å². The zero-order valence-corrected chi connectivity index (χ0v) is 20.6. The number of aromatic nitrogens is 4. The summed E-state index contributed by atoms with van der Waals surface area (Å²) in [6.45, 7) is 0.405. The van der Waals surface area contributed by atoms with E-state index in [1.807, 2.05) is 0 Å². The van der Waals surface area contributed by atoms with Crippen LogP contribution in [0, 0.1) is 11.7 Å². The summed E-state index contributed by atoms with van der Waals surface area (Å²) in [6.07, 6.45) is -0.855. The topological polar surface area (TPSA) is 113 Å². The molecule has 1 atom stereocenters. The van der Waals surface area contributed by atoms with Gasteiger partial charge in [0.15, 0.2) is 5.65 Å². The van der Waals surface area contributed by atoms with Crippen LogP contribution in [0.5, 0.6) is 0 Å². The molecule has 0 spiro atoms. The van der Waals surface area contributed by atoms with Crippen LogP contribution in [-0.2, 0) is 17.8 Å². The maximum absolute atomic E-state index is 14.6. The number of benzene rings is 2. The van der Waals surface area contributed by atoms with E-state index in [1.54, 1.807) is 23.5 Å². The summed E-state index contributed by atoms with van der Waals surface area (Å²) >= 11 is 0. The van der Waals surface area contributed by atoms with Crippen LogP contribution >= 0.6 is 0 Å². The van der Waals surface area contributed by atoms with Gasteiger partial charge in [0.25, 0.3) is 5.56 Å². The quantitative estimate of drug-likeness (QED) is 0.295. The number of fused-ring (bicyclic) bond motifs is 1. The van der Waals surface area contributed by atoms with Crippen molar-refractivity contribution in [3.05, 3.63) is 92.1 Å². The van der Waals surface area contributed by atoms with Gasteiger partial charge in [-0.05, 0) is 54.5 Å². The number of anilines is 1. The zero-order chi connectivity index (χ0) is 27.7. The van der Waals surface area contributed by atoms with Crippen molar-refractivity contribution in [2.24, 2.45) is 5.92 Å². The van der Waals surface area contributed by atoms with E-state index in [-0.39, 0.29) is 35.0 Å². The number of alkyl halides is 3. The Kier molecular flexibility index (Phi) is 7.11. The summed E-state index contributed by atoms with van der Waals surface area (Å²) in [7, 11) is 0. The number of hydrogen-bond donors (Lipinski definition) is 3. The second-order valence-electron chi connectivity index (χ2n) is 9.76. The Bertz CT molecular complexity index is 1620. The molecule has 204 valence electrons. The van der Waals surface area contributed by atoms with Crippen LogP contribution in [0.15, 0.2) is 58.1 Å². The Morgan fingerprint density at radius 2 is 1.74 bits per heavy atom. The van der Waals surface area contributed by atoms with Crippen LogP contribution in [0.1, 0.15) is 48.6 Å². The fourth-order valence-electron chi connectivity index (χ4n) is 5.10. The van der Waals surface area contributed by atoms with Gasteiger partial charge < -0.3 is 10.3 Å². The average Bonchev–Trinajstić information content (AvgIpc) is 3.57. The third-order valence-electron chi connectivity index (χ3n) is 7.11. The molecule has 0 aliphatic heterocycles. The molecule has 4 aromatic rings. The standard InChI is InChI=1S/C27H25F4N5O3/c28-20-8-4-3-7-17(20)13-19(16-9-11-18(12-10-16)32-25(38)27(29,30)31)22-33-21-23(34-22)36(26(39)35-24(21)37)14-15-5-1-2-6-15/h3-4,7-12,15,19H,1-2,5-6,13-14H2,(H,32,38)(H,33,34)(H,35,37,39). The van der Waals surface area contributed by atoms with E-state index in [9.17, 15) is 31.9 Å². The zero-order valence-electron chi connectivity index (χ0n) is 20.6. The second-order valence-corrected chi connectivity index (χ2v) is 9.76. The number of halogens is 4. The largest absolute Gasteiger partial charge is 0.471 e. The van der Waals surface area contributed by atoms with E-state index in [1.165, 1.54) is 34.9 Å². The highest BCUT2D eigenvalue weighted by Gasteiger charge is 2.38. The molecular formula is C27H25F4N5O3. The predicted octanol–water partition coefficient (Wildman–Crippen LogP) is 4.62. The normalized spacial score (nSPS) is 15.1. The van der Waals surface area contributed by atoms with Gasteiger partial charge in [-0.15, -0.1) is 0 Å². The Morgan fingerprint density at radius 3 is 2.41 bits per heavy atom. The highest BCUT2D eigenvalue weighted by atomic mass is 19.4. The van der Waals surface area contributed by atoms with Crippen LogP contribution in [0.25, 0.3) is 11.2 Å². The van der Waals surface area contributed by atoms with Crippen LogP contribution in [0.2, 0.25) is 0 Å². The van der Waals surface area contributed by atoms with Crippen molar-refractivity contribution in [2.45, 2.75) is 50.7 Å². The molecule has 3 N–H and O–H groups in total. The lowest BCUT2D eigenvalue weighted by Gasteiger charge is -2.17. The lowest BCUT2D eigenvalue weighted by atomic mass is 9.91. The van der Waals surface area contributed by atoms with Gasteiger partial charge in [0, 0.05) is 18.2 Å². The number of amides is 1. The van der Waals surface area contributed by atoms with Gasteiger partial charge in [-0.2, -0.15) is 13.2 Å². The maximum Gasteiger partial charge on any atom is 0.471 e. The summed E-state index contributed by atoms with van der Waals surface area (Å²) in [5.41, 5.74) is -0.0668. The number of nitrogens with zero attached hydrogens (tertiary/aromatic N) is 2. The number of imidazole rings is 1. The molecule has 5 rings (SSSR count). The fraction of sp³-hybridized carbons (Fsp3) is 0.333. The predicted molar refractivity (Wildman–Crippen MR) is 136 cm³/mol. The Labute approximate surface area is 219 Å². The van der Waals surface area contributed by atoms with Crippen molar-refractivity contribution in [1.29, 1.82) is 0 Å². The fourth-order valence-corrected chi connectivity index (χ4v) is 5.10. The average molecular weight is 544 g/mol. The second kappa shape index (κ2) is 10.5. The highest BCUT2D eigenvalue weighted by Crippen LogP contribution is 2.31. The minimum Gasteiger partial charge on any atom is -0.336 e. The van der Waals surface area contributed by atoms with Crippen LogP contribution < -0.4 is 16.6 Å². The number of carbonyl (C=O) groups is 1. The molecule has 0 saturated heterocycles. The molecule has 1 amide bonds. The van der Waals surface area contributed by atoms with E-state index < -0.39 is 35.1 Å². The van der Waals surface area contributed by atoms with Gasteiger partial charge in [-0.25, -0.2) is 14.2 Å². The third kappa shape index (κ3) is 5.64. The molecule has 8 nitrogen and oxygen atoms in total. The van der Waals surface area contributed by atoms with Gasteiger partial charge in [0.1, 0.15) is 17.2 Å². The highest BCUT2D eigenvalue weighted by molar-refractivity contribution is 5.94. The number of hydrogen-bond acceptors (Lipinski definition) is 4.